The van der Waals surface area contributed by atoms with Crippen LogP contribution in [0.25, 0.3) is 0 Å². The Morgan fingerprint density at radius 1 is 1.60 bits per heavy atom. The molecule has 0 aliphatic heterocycles. The number of rotatable bonds is 4. The van der Waals surface area contributed by atoms with Gasteiger partial charge in [-0.3, -0.25) is 4.79 Å². The second kappa shape index (κ2) is 4.77. The molecule has 0 spiro atoms. The van der Waals surface area contributed by atoms with E-state index in [9.17, 15) is 9.18 Å². The van der Waals surface area contributed by atoms with Crippen molar-refractivity contribution in [3.63, 3.8) is 0 Å². The van der Waals surface area contributed by atoms with Gasteiger partial charge in [0.05, 0.1) is 13.5 Å². The zero-order valence-corrected chi connectivity index (χ0v) is 8.66. The molecule has 0 radical (unpaired) electrons. The maximum atomic E-state index is 13.0. The fraction of sp³-hybridized carbons (Fsp3) is 0.364. The Labute approximate surface area is 87.5 Å². The van der Waals surface area contributed by atoms with Gasteiger partial charge in [0.25, 0.3) is 0 Å². The second-order valence-electron chi connectivity index (χ2n) is 3.39. The highest BCUT2D eigenvalue weighted by Gasteiger charge is 2.15. The molecule has 15 heavy (non-hydrogen) atoms. The molecule has 1 rings (SSSR count). The van der Waals surface area contributed by atoms with E-state index in [0.717, 1.165) is 0 Å². The summed E-state index contributed by atoms with van der Waals surface area (Å²) < 4.78 is 18.0. The molecule has 0 aliphatic rings. The number of methoxy groups -OCH3 is 1. The lowest BCUT2D eigenvalue weighted by molar-refractivity contribution is -0.137. The van der Waals surface area contributed by atoms with Crippen molar-refractivity contribution < 1.29 is 19.0 Å². The summed E-state index contributed by atoms with van der Waals surface area (Å²) in [7, 11) is 1.48. The number of halogens is 1. The molecule has 82 valence electrons. The first kappa shape index (κ1) is 11.5. The molecule has 0 aromatic heterocycles. The van der Waals surface area contributed by atoms with Gasteiger partial charge in [-0.2, -0.15) is 0 Å². The summed E-state index contributed by atoms with van der Waals surface area (Å²) >= 11 is 0. The van der Waals surface area contributed by atoms with E-state index in [1.54, 1.807) is 6.92 Å². The summed E-state index contributed by atoms with van der Waals surface area (Å²) in [6.07, 6.45) is -0.0419. The van der Waals surface area contributed by atoms with Crippen molar-refractivity contribution in [1.82, 2.24) is 0 Å². The fourth-order valence-corrected chi connectivity index (χ4v) is 1.46. The number of ether oxygens (including phenoxy) is 1. The number of benzene rings is 1. The van der Waals surface area contributed by atoms with Crippen LogP contribution in [0.2, 0.25) is 0 Å². The molecular weight excluding hydrogens is 199 g/mol. The largest absolute Gasteiger partial charge is 0.496 e. The minimum atomic E-state index is -0.909. The predicted octanol–water partition coefficient (Wildman–Crippen LogP) is 2.41. The van der Waals surface area contributed by atoms with Gasteiger partial charge in [0.2, 0.25) is 0 Å². The van der Waals surface area contributed by atoms with E-state index in [1.165, 1.54) is 25.3 Å². The standard InChI is InChI=1S/C11H13FO3/c1-7(5-11(13)14)9-6-8(12)3-4-10(9)15-2/h3-4,6-7H,5H2,1-2H3,(H,13,14). The lowest BCUT2D eigenvalue weighted by Gasteiger charge is -2.13. The highest BCUT2D eigenvalue weighted by molar-refractivity contribution is 5.68. The van der Waals surface area contributed by atoms with E-state index in [-0.39, 0.29) is 18.2 Å². The van der Waals surface area contributed by atoms with Crippen LogP contribution in [0, 0.1) is 5.82 Å². The SMILES string of the molecule is COc1ccc(F)cc1C(C)CC(=O)O. The van der Waals surface area contributed by atoms with Crippen LogP contribution in [0.1, 0.15) is 24.8 Å². The highest BCUT2D eigenvalue weighted by atomic mass is 19.1. The average Bonchev–Trinajstić information content (AvgIpc) is 2.16. The van der Waals surface area contributed by atoms with Crippen LogP contribution >= 0.6 is 0 Å². The van der Waals surface area contributed by atoms with Gasteiger partial charge in [0, 0.05) is 5.56 Å². The lowest BCUT2D eigenvalue weighted by Crippen LogP contribution is -2.05. The summed E-state index contributed by atoms with van der Waals surface area (Å²) in [6, 6.07) is 4.10. The number of carboxylic acid groups (broad SMARTS) is 1. The number of carboxylic acids is 1. The van der Waals surface area contributed by atoms with Crippen molar-refractivity contribution in [3.8, 4) is 5.75 Å². The molecule has 3 nitrogen and oxygen atoms in total. The number of carbonyl (C=O) groups is 1. The van der Waals surface area contributed by atoms with Gasteiger partial charge in [-0.1, -0.05) is 6.92 Å². The molecule has 0 saturated heterocycles. The molecule has 4 heteroatoms. The van der Waals surface area contributed by atoms with Crippen molar-refractivity contribution in [2.24, 2.45) is 0 Å². The summed E-state index contributed by atoms with van der Waals surface area (Å²) in [6.45, 7) is 1.73. The predicted molar refractivity (Wildman–Crippen MR) is 53.6 cm³/mol. The first-order chi connectivity index (χ1) is 7.04. The van der Waals surface area contributed by atoms with Crippen LogP contribution in [0.15, 0.2) is 18.2 Å². The Kier molecular flexibility index (Phi) is 3.66. The molecule has 1 aromatic rings. The molecule has 0 heterocycles. The fourth-order valence-electron chi connectivity index (χ4n) is 1.46. The summed E-state index contributed by atoms with van der Waals surface area (Å²) in [5.41, 5.74) is 0.583. The molecule has 0 aliphatic carbocycles. The summed E-state index contributed by atoms with van der Waals surface area (Å²) in [5, 5.41) is 8.64. The maximum absolute atomic E-state index is 13.0. The van der Waals surface area contributed by atoms with Gasteiger partial charge in [0.1, 0.15) is 11.6 Å². The minimum absolute atomic E-state index is 0.0419. The summed E-state index contributed by atoms with van der Waals surface area (Å²) in [4.78, 5) is 10.5. The van der Waals surface area contributed by atoms with Gasteiger partial charge in [-0.15, -0.1) is 0 Å². The minimum Gasteiger partial charge on any atom is -0.496 e. The quantitative estimate of drug-likeness (QED) is 0.833. The topological polar surface area (TPSA) is 46.5 Å². The van der Waals surface area contributed by atoms with Crippen LogP contribution in [0.4, 0.5) is 4.39 Å². The van der Waals surface area contributed by atoms with Gasteiger partial charge >= 0.3 is 5.97 Å². The Balaban J connectivity index is 2.99. The van der Waals surface area contributed by atoms with E-state index < -0.39 is 5.97 Å². The highest BCUT2D eigenvalue weighted by Crippen LogP contribution is 2.29. The second-order valence-corrected chi connectivity index (χ2v) is 3.39. The Morgan fingerprint density at radius 3 is 2.80 bits per heavy atom. The molecule has 1 aromatic carbocycles. The zero-order chi connectivity index (χ0) is 11.4. The maximum Gasteiger partial charge on any atom is 0.303 e. The van der Waals surface area contributed by atoms with Crippen LogP contribution in [-0.2, 0) is 4.79 Å². The van der Waals surface area contributed by atoms with Crippen molar-refractivity contribution in [2.45, 2.75) is 19.3 Å². The van der Waals surface area contributed by atoms with Gasteiger partial charge < -0.3 is 9.84 Å². The Hall–Kier alpha value is -1.58. The van der Waals surface area contributed by atoms with Crippen molar-refractivity contribution in [3.05, 3.63) is 29.6 Å². The van der Waals surface area contributed by atoms with Crippen LogP contribution in [-0.4, -0.2) is 18.2 Å². The molecule has 0 fully saturated rings. The van der Waals surface area contributed by atoms with E-state index in [1.807, 2.05) is 0 Å². The number of aliphatic carboxylic acids is 1. The zero-order valence-electron chi connectivity index (χ0n) is 8.66. The van der Waals surface area contributed by atoms with Gasteiger partial charge in [-0.05, 0) is 24.1 Å². The van der Waals surface area contributed by atoms with E-state index in [0.29, 0.717) is 11.3 Å². The van der Waals surface area contributed by atoms with Crippen LogP contribution < -0.4 is 4.74 Å². The Morgan fingerprint density at radius 2 is 2.27 bits per heavy atom. The van der Waals surface area contributed by atoms with Crippen LogP contribution in [0.5, 0.6) is 5.75 Å². The molecule has 0 amide bonds. The number of hydrogen-bond donors (Lipinski definition) is 1. The van der Waals surface area contributed by atoms with Crippen molar-refractivity contribution in [1.29, 1.82) is 0 Å². The van der Waals surface area contributed by atoms with E-state index in [2.05, 4.69) is 0 Å². The summed E-state index contributed by atoms with van der Waals surface area (Å²) in [5.74, 6) is -1.05. The normalized spacial score (nSPS) is 12.2. The van der Waals surface area contributed by atoms with E-state index in [4.69, 9.17) is 9.84 Å². The first-order valence-electron chi connectivity index (χ1n) is 4.59. The van der Waals surface area contributed by atoms with Crippen molar-refractivity contribution >= 4 is 5.97 Å². The molecule has 0 bridgehead atoms. The lowest BCUT2D eigenvalue weighted by atomic mass is 9.97. The van der Waals surface area contributed by atoms with Crippen LogP contribution in [0.3, 0.4) is 0 Å². The third-order valence-corrected chi connectivity index (χ3v) is 2.20. The number of hydrogen-bond acceptors (Lipinski definition) is 2. The Bertz CT molecular complexity index is 363. The molecule has 1 N–H and O–H groups in total. The molecule has 1 unspecified atom stereocenters. The molecule has 0 saturated carbocycles. The van der Waals surface area contributed by atoms with Gasteiger partial charge in [0.15, 0.2) is 0 Å². The average molecular weight is 212 g/mol. The third kappa shape index (κ3) is 2.94. The smallest absolute Gasteiger partial charge is 0.303 e. The van der Waals surface area contributed by atoms with E-state index >= 15 is 0 Å². The monoisotopic (exact) mass is 212 g/mol. The molecular formula is C11H13FO3. The third-order valence-electron chi connectivity index (χ3n) is 2.20. The van der Waals surface area contributed by atoms with Gasteiger partial charge in [-0.25, -0.2) is 4.39 Å². The first-order valence-corrected chi connectivity index (χ1v) is 4.59. The molecule has 1 atom stereocenters. The van der Waals surface area contributed by atoms with Crippen molar-refractivity contribution in [2.75, 3.05) is 7.11 Å².